The van der Waals surface area contributed by atoms with Crippen molar-refractivity contribution in [3.8, 4) is 0 Å². The number of aromatic nitrogens is 2. The van der Waals surface area contributed by atoms with E-state index in [-0.39, 0.29) is 11.3 Å². The minimum atomic E-state index is -3.76. The minimum absolute atomic E-state index is 0.137. The Hall–Kier alpha value is -2.42. The standard InChI is InChI=1S/C12H14N4O4S/c1-2-15-12(7-8-13-15)14-21(19,20)9-10-5-3-4-6-11(10)16(17)18/h3-8,14H,2,9H2,1H3. The molecule has 1 aromatic heterocycles. The molecule has 0 fully saturated rings. The summed E-state index contributed by atoms with van der Waals surface area (Å²) in [5.74, 6) is -0.143. The van der Waals surface area contributed by atoms with E-state index in [2.05, 4.69) is 9.82 Å². The molecule has 0 saturated carbocycles. The Morgan fingerprint density at radius 1 is 1.33 bits per heavy atom. The molecule has 8 nitrogen and oxygen atoms in total. The first-order valence-electron chi connectivity index (χ1n) is 6.17. The molecule has 112 valence electrons. The predicted molar refractivity (Wildman–Crippen MR) is 77.2 cm³/mol. The number of anilines is 1. The number of hydrogen-bond acceptors (Lipinski definition) is 5. The fraction of sp³-hybridized carbons (Fsp3) is 0.250. The van der Waals surface area contributed by atoms with Gasteiger partial charge in [0.1, 0.15) is 11.6 Å². The molecule has 0 aliphatic carbocycles. The molecule has 1 aromatic carbocycles. The van der Waals surface area contributed by atoms with Crippen molar-refractivity contribution in [2.24, 2.45) is 0 Å². The van der Waals surface area contributed by atoms with Crippen molar-refractivity contribution in [3.63, 3.8) is 0 Å². The van der Waals surface area contributed by atoms with Gasteiger partial charge in [-0.25, -0.2) is 13.1 Å². The van der Waals surface area contributed by atoms with Gasteiger partial charge in [-0.1, -0.05) is 18.2 Å². The SMILES string of the molecule is CCn1nccc1NS(=O)(=O)Cc1ccccc1[N+](=O)[O-]. The van der Waals surface area contributed by atoms with Gasteiger partial charge in [-0.15, -0.1) is 0 Å². The Balaban J connectivity index is 2.24. The van der Waals surface area contributed by atoms with E-state index >= 15 is 0 Å². The summed E-state index contributed by atoms with van der Waals surface area (Å²) in [6.45, 7) is 2.34. The van der Waals surface area contributed by atoms with Gasteiger partial charge in [0.25, 0.3) is 5.69 Å². The second-order valence-corrected chi connectivity index (χ2v) is 6.00. The molecular weight excluding hydrogens is 296 g/mol. The van der Waals surface area contributed by atoms with Gasteiger partial charge in [0.15, 0.2) is 0 Å². The summed E-state index contributed by atoms with van der Waals surface area (Å²) in [4.78, 5) is 10.3. The highest BCUT2D eigenvalue weighted by Crippen LogP contribution is 2.21. The van der Waals surface area contributed by atoms with Gasteiger partial charge in [0.05, 0.1) is 11.1 Å². The molecule has 0 radical (unpaired) electrons. The van der Waals surface area contributed by atoms with Gasteiger partial charge in [0, 0.05) is 24.2 Å². The molecule has 2 rings (SSSR count). The summed E-state index contributed by atoms with van der Waals surface area (Å²) in [5.41, 5.74) is -0.0792. The molecule has 0 spiro atoms. The lowest BCUT2D eigenvalue weighted by Gasteiger charge is -2.09. The molecule has 0 bridgehead atoms. The molecule has 0 amide bonds. The Morgan fingerprint density at radius 3 is 2.71 bits per heavy atom. The van der Waals surface area contributed by atoms with Crippen LogP contribution in [0.2, 0.25) is 0 Å². The first kappa shape index (κ1) is 15.0. The topological polar surface area (TPSA) is 107 Å². The molecule has 0 aliphatic heterocycles. The molecule has 0 saturated heterocycles. The number of nitrogens with zero attached hydrogens (tertiary/aromatic N) is 3. The highest BCUT2D eigenvalue weighted by Gasteiger charge is 2.20. The number of sulfonamides is 1. The van der Waals surface area contributed by atoms with Crippen molar-refractivity contribution >= 4 is 21.5 Å². The van der Waals surface area contributed by atoms with Crippen molar-refractivity contribution in [2.45, 2.75) is 19.2 Å². The van der Waals surface area contributed by atoms with Gasteiger partial charge >= 0.3 is 0 Å². The number of aryl methyl sites for hydroxylation is 1. The first-order chi connectivity index (χ1) is 9.93. The van der Waals surface area contributed by atoms with Crippen LogP contribution in [0.5, 0.6) is 0 Å². The molecule has 1 heterocycles. The molecule has 9 heteroatoms. The average molecular weight is 310 g/mol. The van der Waals surface area contributed by atoms with E-state index in [0.29, 0.717) is 12.4 Å². The number of nitro groups is 1. The van der Waals surface area contributed by atoms with E-state index in [1.54, 1.807) is 6.07 Å². The van der Waals surface area contributed by atoms with E-state index in [9.17, 15) is 18.5 Å². The van der Waals surface area contributed by atoms with Crippen molar-refractivity contribution in [3.05, 3.63) is 52.2 Å². The second-order valence-electron chi connectivity index (χ2n) is 4.28. The number of benzene rings is 1. The van der Waals surface area contributed by atoms with Crippen LogP contribution >= 0.6 is 0 Å². The highest BCUT2D eigenvalue weighted by atomic mass is 32.2. The van der Waals surface area contributed by atoms with E-state index in [4.69, 9.17) is 0 Å². The minimum Gasteiger partial charge on any atom is -0.267 e. The Bertz CT molecular complexity index is 754. The Labute approximate surface area is 121 Å². The number of rotatable bonds is 6. The van der Waals surface area contributed by atoms with Gasteiger partial charge in [-0.3, -0.25) is 14.8 Å². The smallest absolute Gasteiger partial charge is 0.267 e. The maximum atomic E-state index is 12.1. The lowest BCUT2D eigenvalue weighted by atomic mass is 10.2. The molecule has 0 atom stereocenters. The van der Waals surface area contributed by atoms with Gasteiger partial charge in [0.2, 0.25) is 10.0 Å². The van der Waals surface area contributed by atoms with Gasteiger partial charge in [-0.05, 0) is 6.92 Å². The zero-order valence-corrected chi connectivity index (χ0v) is 12.1. The van der Waals surface area contributed by atoms with Crippen LogP contribution < -0.4 is 4.72 Å². The lowest BCUT2D eigenvalue weighted by molar-refractivity contribution is -0.385. The summed E-state index contributed by atoms with van der Waals surface area (Å²) < 4.78 is 28.1. The Morgan fingerprint density at radius 2 is 2.05 bits per heavy atom. The molecule has 21 heavy (non-hydrogen) atoms. The maximum Gasteiger partial charge on any atom is 0.273 e. The monoisotopic (exact) mass is 310 g/mol. The van der Waals surface area contributed by atoms with Crippen LogP contribution in [0.1, 0.15) is 12.5 Å². The normalized spacial score (nSPS) is 11.3. The van der Waals surface area contributed by atoms with Crippen LogP contribution in [0.3, 0.4) is 0 Å². The summed E-state index contributed by atoms with van der Waals surface area (Å²) in [6, 6.07) is 7.29. The third kappa shape index (κ3) is 3.57. The zero-order chi connectivity index (χ0) is 15.5. The molecular formula is C12H14N4O4S. The maximum absolute atomic E-state index is 12.1. The van der Waals surface area contributed by atoms with Crippen LogP contribution in [0.15, 0.2) is 36.5 Å². The van der Waals surface area contributed by atoms with E-state index in [1.807, 2.05) is 6.92 Å². The van der Waals surface area contributed by atoms with Crippen LogP contribution in [0.25, 0.3) is 0 Å². The predicted octanol–water partition coefficient (Wildman–Crippen LogP) is 1.75. The van der Waals surface area contributed by atoms with E-state index < -0.39 is 20.7 Å². The molecule has 0 aliphatic rings. The second kappa shape index (κ2) is 5.92. The van der Waals surface area contributed by atoms with Crippen LogP contribution in [-0.4, -0.2) is 23.1 Å². The fourth-order valence-electron chi connectivity index (χ4n) is 1.88. The van der Waals surface area contributed by atoms with Crippen molar-refractivity contribution in [2.75, 3.05) is 4.72 Å². The molecule has 0 unspecified atom stereocenters. The van der Waals surface area contributed by atoms with E-state index in [1.165, 1.54) is 35.1 Å². The molecule has 2 aromatic rings. The van der Waals surface area contributed by atoms with Crippen molar-refractivity contribution in [1.82, 2.24) is 9.78 Å². The average Bonchev–Trinajstić information content (AvgIpc) is 2.84. The van der Waals surface area contributed by atoms with Crippen LogP contribution in [0, 0.1) is 10.1 Å². The van der Waals surface area contributed by atoms with Gasteiger partial charge in [-0.2, -0.15) is 5.10 Å². The summed E-state index contributed by atoms with van der Waals surface area (Å²) in [7, 11) is -3.76. The van der Waals surface area contributed by atoms with E-state index in [0.717, 1.165) is 0 Å². The quantitative estimate of drug-likeness (QED) is 0.646. The summed E-state index contributed by atoms with van der Waals surface area (Å²) >= 11 is 0. The number of hydrogen-bond donors (Lipinski definition) is 1. The molecule has 1 N–H and O–H groups in total. The van der Waals surface area contributed by atoms with Crippen LogP contribution in [-0.2, 0) is 22.3 Å². The number of para-hydroxylation sites is 1. The Kier molecular flexibility index (Phi) is 4.22. The zero-order valence-electron chi connectivity index (χ0n) is 11.3. The highest BCUT2D eigenvalue weighted by molar-refractivity contribution is 7.91. The lowest BCUT2D eigenvalue weighted by Crippen LogP contribution is -2.18. The van der Waals surface area contributed by atoms with Crippen LogP contribution in [0.4, 0.5) is 11.5 Å². The largest absolute Gasteiger partial charge is 0.273 e. The summed E-state index contributed by atoms with van der Waals surface area (Å²) in [6.07, 6.45) is 1.48. The fourth-order valence-corrected chi connectivity index (χ4v) is 3.10. The number of nitrogens with one attached hydrogen (secondary N) is 1. The summed E-state index contributed by atoms with van der Waals surface area (Å²) in [5, 5.41) is 14.9. The van der Waals surface area contributed by atoms with Gasteiger partial charge < -0.3 is 0 Å². The van der Waals surface area contributed by atoms with Crippen molar-refractivity contribution in [1.29, 1.82) is 0 Å². The third-order valence-corrected chi connectivity index (χ3v) is 4.02. The third-order valence-electron chi connectivity index (χ3n) is 2.81. The number of nitro benzene ring substituents is 1. The van der Waals surface area contributed by atoms with Crippen molar-refractivity contribution < 1.29 is 13.3 Å². The first-order valence-corrected chi connectivity index (χ1v) is 7.83.